The van der Waals surface area contributed by atoms with Gasteiger partial charge in [0.25, 0.3) is 15.9 Å². The van der Waals surface area contributed by atoms with Crippen LogP contribution < -0.4 is 14.8 Å². The number of hydrogen-bond acceptors (Lipinski definition) is 10. The number of rotatable bonds is 8. The topological polar surface area (TPSA) is 149 Å². The number of aromatic nitrogens is 4. The van der Waals surface area contributed by atoms with Gasteiger partial charge in [0.15, 0.2) is 0 Å². The third-order valence-corrected chi connectivity index (χ3v) is 7.05. The zero-order chi connectivity index (χ0) is 23.4. The average Bonchev–Trinajstić information content (AvgIpc) is 3.49. The predicted octanol–water partition coefficient (Wildman–Crippen LogP) is 2.98. The van der Waals surface area contributed by atoms with Crippen molar-refractivity contribution in [3.63, 3.8) is 0 Å². The van der Waals surface area contributed by atoms with Gasteiger partial charge in [-0.05, 0) is 48.5 Å². The molecule has 1 amide bonds. The van der Waals surface area contributed by atoms with E-state index in [0.29, 0.717) is 39.1 Å². The second kappa shape index (κ2) is 9.62. The zero-order valence-corrected chi connectivity index (χ0v) is 19.2. The Hall–Kier alpha value is -3.39. The van der Waals surface area contributed by atoms with Crippen LogP contribution in [0.5, 0.6) is 5.75 Å². The molecule has 0 radical (unpaired) electrons. The van der Waals surface area contributed by atoms with Gasteiger partial charge in [0, 0.05) is 16.1 Å². The van der Waals surface area contributed by atoms with Gasteiger partial charge in [-0.2, -0.15) is 9.71 Å². The number of ether oxygens (including phenoxy) is 1. The van der Waals surface area contributed by atoms with E-state index in [0.717, 1.165) is 0 Å². The molecule has 0 unspecified atom stereocenters. The Morgan fingerprint density at radius 2 is 1.85 bits per heavy atom. The van der Waals surface area contributed by atoms with Crippen molar-refractivity contribution in [2.75, 3.05) is 12.4 Å². The Labute approximate surface area is 196 Å². The van der Waals surface area contributed by atoms with E-state index in [1.54, 1.807) is 43.5 Å². The molecule has 2 N–H and O–H groups in total. The summed E-state index contributed by atoms with van der Waals surface area (Å²) in [5, 5.41) is 14.2. The van der Waals surface area contributed by atoms with Gasteiger partial charge in [-0.3, -0.25) is 10.1 Å². The molecule has 0 saturated carbocycles. The SMILES string of the molecule is COc1ccc(-c2noc(CNS(=O)(=O)c3nnc(NC(=O)c4ccc(Cl)cc4)s3)n2)cc1. The Morgan fingerprint density at radius 3 is 2.55 bits per heavy atom. The second-order valence-electron chi connectivity index (χ2n) is 6.40. The maximum atomic E-state index is 12.5. The second-order valence-corrected chi connectivity index (χ2v) is 9.75. The van der Waals surface area contributed by atoms with Crippen molar-refractivity contribution in [3.05, 3.63) is 65.0 Å². The van der Waals surface area contributed by atoms with Crippen LogP contribution in [0.3, 0.4) is 0 Å². The molecule has 11 nitrogen and oxygen atoms in total. The Bertz CT molecular complexity index is 1370. The van der Waals surface area contributed by atoms with Crippen molar-refractivity contribution >= 4 is 44.0 Å². The molecule has 0 saturated heterocycles. The molecule has 33 heavy (non-hydrogen) atoms. The Balaban J connectivity index is 1.38. The summed E-state index contributed by atoms with van der Waals surface area (Å²) < 4.78 is 37.2. The van der Waals surface area contributed by atoms with E-state index in [1.807, 2.05) is 0 Å². The molecule has 0 aliphatic rings. The molecule has 14 heteroatoms. The van der Waals surface area contributed by atoms with Crippen molar-refractivity contribution in [1.29, 1.82) is 0 Å². The highest BCUT2D eigenvalue weighted by atomic mass is 35.5. The lowest BCUT2D eigenvalue weighted by molar-refractivity contribution is 0.102. The van der Waals surface area contributed by atoms with Crippen molar-refractivity contribution in [2.24, 2.45) is 0 Å². The largest absolute Gasteiger partial charge is 0.497 e. The summed E-state index contributed by atoms with van der Waals surface area (Å²) >= 11 is 6.50. The summed E-state index contributed by atoms with van der Waals surface area (Å²) in [7, 11) is -2.47. The lowest BCUT2D eigenvalue weighted by Crippen LogP contribution is -2.23. The highest BCUT2D eigenvalue weighted by Gasteiger charge is 2.22. The molecule has 0 bridgehead atoms. The first-order valence-corrected chi connectivity index (χ1v) is 11.9. The minimum absolute atomic E-state index is 0.0231. The molecule has 0 atom stereocenters. The van der Waals surface area contributed by atoms with E-state index in [9.17, 15) is 13.2 Å². The summed E-state index contributed by atoms with van der Waals surface area (Å²) in [4.78, 5) is 16.4. The van der Waals surface area contributed by atoms with Crippen LogP contribution in [0.2, 0.25) is 5.02 Å². The first-order chi connectivity index (χ1) is 15.8. The molecule has 2 aromatic heterocycles. The number of halogens is 1. The van der Waals surface area contributed by atoms with Gasteiger partial charge in [0.1, 0.15) is 5.75 Å². The van der Waals surface area contributed by atoms with Gasteiger partial charge in [-0.15, -0.1) is 10.2 Å². The molecular weight excluding hydrogens is 492 g/mol. The fraction of sp³-hybridized carbons (Fsp3) is 0.105. The fourth-order valence-electron chi connectivity index (χ4n) is 2.54. The van der Waals surface area contributed by atoms with Crippen LogP contribution in [0, 0.1) is 0 Å². The van der Waals surface area contributed by atoms with Gasteiger partial charge >= 0.3 is 0 Å². The number of carbonyl (C=O) groups is 1. The Morgan fingerprint density at radius 1 is 1.12 bits per heavy atom. The molecule has 4 aromatic rings. The van der Waals surface area contributed by atoms with E-state index < -0.39 is 15.9 Å². The van der Waals surface area contributed by atoms with Crippen LogP contribution in [0.15, 0.2) is 57.4 Å². The average molecular weight is 507 g/mol. The predicted molar refractivity (Wildman–Crippen MR) is 120 cm³/mol. The normalized spacial score (nSPS) is 11.3. The number of methoxy groups -OCH3 is 1. The number of amides is 1. The maximum absolute atomic E-state index is 12.5. The van der Waals surface area contributed by atoms with E-state index in [4.69, 9.17) is 20.9 Å². The van der Waals surface area contributed by atoms with Gasteiger partial charge < -0.3 is 9.26 Å². The molecular formula is C19H15ClN6O5S2. The molecule has 2 aromatic carbocycles. The van der Waals surface area contributed by atoms with Crippen LogP contribution in [-0.4, -0.2) is 41.8 Å². The van der Waals surface area contributed by atoms with Crippen molar-refractivity contribution in [2.45, 2.75) is 10.9 Å². The molecule has 4 rings (SSSR count). The number of nitrogens with one attached hydrogen (secondary N) is 2. The van der Waals surface area contributed by atoms with Crippen LogP contribution in [0.25, 0.3) is 11.4 Å². The summed E-state index contributed by atoms with van der Waals surface area (Å²) in [6.45, 7) is -0.252. The number of sulfonamides is 1. The monoisotopic (exact) mass is 506 g/mol. The maximum Gasteiger partial charge on any atom is 0.270 e. The first-order valence-electron chi connectivity index (χ1n) is 9.21. The lowest BCUT2D eigenvalue weighted by atomic mass is 10.2. The number of carbonyl (C=O) groups excluding carboxylic acids is 1. The number of anilines is 1. The number of benzene rings is 2. The highest BCUT2D eigenvalue weighted by molar-refractivity contribution is 7.91. The van der Waals surface area contributed by atoms with Crippen LogP contribution in [0.4, 0.5) is 5.13 Å². The lowest BCUT2D eigenvalue weighted by Gasteiger charge is -2.01. The summed E-state index contributed by atoms with van der Waals surface area (Å²) in [6.07, 6.45) is 0. The molecule has 0 aliphatic heterocycles. The quantitative estimate of drug-likeness (QED) is 0.344. The standard InChI is InChI=1S/C19H15ClN6O5S2/c1-30-14-8-4-11(5-9-14)16-22-15(31-26-16)10-21-33(28,29)19-25-24-18(32-19)23-17(27)12-2-6-13(20)7-3-12/h2-9,21H,10H2,1H3,(H,23,24,27). The molecule has 0 aliphatic carbocycles. The molecule has 0 spiro atoms. The van der Waals surface area contributed by atoms with Crippen LogP contribution in [-0.2, 0) is 16.6 Å². The Kier molecular flexibility index (Phi) is 6.65. The van der Waals surface area contributed by atoms with Gasteiger partial charge in [-0.25, -0.2) is 8.42 Å². The van der Waals surface area contributed by atoms with Gasteiger partial charge in [0.2, 0.25) is 21.2 Å². The summed E-state index contributed by atoms with van der Waals surface area (Å²) in [5.74, 6) is 0.563. The number of hydrogen-bond donors (Lipinski definition) is 2. The summed E-state index contributed by atoms with van der Waals surface area (Å²) in [5.41, 5.74) is 1.01. The van der Waals surface area contributed by atoms with E-state index in [2.05, 4.69) is 30.4 Å². The minimum atomic E-state index is -4.03. The van der Waals surface area contributed by atoms with Crippen molar-refractivity contribution in [3.8, 4) is 17.1 Å². The fourth-order valence-corrected chi connectivity index (χ4v) is 4.58. The molecule has 170 valence electrons. The first kappa shape index (κ1) is 22.8. The van der Waals surface area contributed by atoms with E-state index in [1.165, 1.54) is 12.1 Å². The van der Waals surface area contributed by atoms with Crippen molar-refractivity contribution < 1.29 is 22.5 Å². The zero-order valence-electron chi connectivity index (χ0n) is 16.9. The molecule has 0 fully saturated rings. The van der Waals surface area contributed by atoms with Crippen LogP contribution >= 0.6 is 22.9 Å². The smallest absolute Gasteiger partial charge is 0.270 e. The van der Waals surface area contributed by atoms with E-state index >= 15 is 0 Å². The third-order valence-electron chi connectivity index (χ3n) is 4.19. The highest BCUT2D eigenvalue weighted by Crippen LogP contribution is 2.22. The van der Waals surface area contributed by atoms with Crippen molar-refractivity contribution in [1.82, 2.24) is 25.1 Å². The van der Waals surface area contributed by atoms with E-state index in [-0.39, 0.29) is 21.9 Å². The van der Waals surface area contributed by atoms with Crippen LogP contribution in [0.1, 0.15) is 16.2 Å². The van der Waals surface area contributed by atoms with Gasteiger partial charge in [0.05, 0.1) is 13.7 Å². The summed E-state index contributed by atoms with van der Waals surface area (Å²) in [6, 6.07) is 13.2. The third kappa shape index (κ3) is 5.51. The number of nitrogens with zero attached hydrogens (tertiary/aromatic N) is 4. The minimum Gasteiger partial charge on any atom is -0.497 e. The molecule has 2 heterocycles. The van der Waals surface area contributed by atoms with Gasteiger partial charge in [-0.1, -0.05) is 28.1 Å².